The lowest BCUT2D eigenvalue weighted by molar-refractivity contribution is 0.501. The van der Waals surface area contributed by atoms with Gasteiger partial charge in [-0.15, -0.1) is 0 Å². The van der Waals surface area contributed by atoms with Gasteiger partial charge in [0.1, 0.15) is 0 Å². The van der Waals surface area contributed by atoms with E-state index in [1.807, 2.05) is 18.2 Å². The highest BCUT2D eigenvalue weighted by molar-refractivity contribution is 5.25. The highest BCUT2D eigenvalue weighted by atomic mass is 14.3. The Bertz CT molecular complexity index is 317. The van der Waals surface area contributed by atoms with Gasteiger partial charge in [0, 0.05) is 0 Å². The summed E-state index contributed by atoms with van der Waals surface area (Å²) in [6.45, 7) is 0. The first kappa shape index (κ1) is 9.27. The third-order valence-electron chi connectivity index (χ3n) is 3.17. The van der Waals surface area contributed by atoms with Crippen molar-refractivity contribution in [2.75, 3.05) is 0 Å². The van der Waals surface area contributed by atoms with E-state index in [-0.39, 0.29) is 5.92 Å². The fourth-order valence-corrected chi connectivity index (χ4v) is 2.40. The van der Waals surface area contributed by atoms with E-state index < -0.39 is 0 Å². The summed E-state index contributed by atoms with van der Waals surface area (Å²) in [5.41, 5.74) is 1.20. The Morgan fingerprint density at radius 2 is 1.79 bits per heavy atom. The van der Waals surface area contributed by atoms with Gasteiger partial charge < -0.3 is 0 Å². The lowest BCUT2D eigenvalue weighted by atomic mass is 9.86. The molecule has 0 saturated heterocycles. The van der Waals surface area contributed by atoms with Crippen molar-refractivity contribution in [1.82, 2.24) is 0 Å². The first-order valence-corrected chi connectivity index (χ1v) is 5.36. The zero-order valence-corrected chi connectivity index (χ0v) is 8.32. The summed E-state index contributed by atoms with van der Waals surface area (Å²) in [4.78, 5) is 0. The Kier molecular flexibility index (Phi) is 2.84. The molecule has 2 rings (SSSR count). The fraction of sp³-hybridized carbons (Fsp3) is 0.462. The Labute approximate surface area is 85.4 Å². The highest BCUT2D eigenvalue weighted by Gasteiger charge is 2.25. The maximum atomic E-state index is 9.19. The van der Waals surface area contributed by atoms with E-state index in [2.05, 4.69) is 18.2 Å². The normalized spacial score (nSPS) is 19.1. The lowest BCUT2D eigenvalue weighted by Gasteiger charge is -2.16. The average Bonchev–Trinajstić information content (AvgIpc) is 2.74. The quantitative estimate of drug-likeness (QED) is 0.692. The minimum Gasteiger partial charge on any atom is -0.198 e. The van der Waals surface area contributed by atoms with Crippen LogP contribution in [-0.2, 0) is 0 Å². The van der Waals surface area contributed by atoms with Crippen molar-refractivity contribution >= 4 is 0 Å². The van der Waals surface area contributed by atoms with Crippen molar-refractivity contribution < 1.29 is 0 Å². The molecule has 1 nitrogen and oxygen atoms in total. The Morgan fingerprint density at radius 3 is 2.36 bits per heavy atom. The molecule has 1 aromatic carbocycles. The maximum Gasteiger partial charge on any atom is 0.0740 e. The zero-order chi connectivity index (χ0) is 9.80. The van der Waals surface area contributed by atoms with E-state index in [4.69, 9.17) is 0 Å². The second-order valence-corrected chi connectivity index (χ2v) is 4.06. The summed E-state index contributed by atoms with van der Waals surface area (Å²) in [7, 11) is 0. The van der Waals surface area contributed by atoms with Crippen LogP contribution in [0.1, 0.15) is 37.2 Å². The van der Waals surface area contributed by atoms with Gasteiger partial charge in [-0.3, -0.25) is 0 Å². The smallest absolute Gasteiger partial charge is 0.0740 e. The standard InChI is InChI=1S/C13H15N/c14-10-13(12-8-4-5-9-12)11-6-2-1-3-7-11/h1-3,6-7,12-13H,4-5,8-9H2. The number of rotatable bonds is 2. The van der Waals surface area contributed by atoms with Crippen molar-refractivity contribution in [2.24, 2.45) is 5.92 Å². The third-order valence-corrected chi connectivity index (χ3v) is 3.17. The molecule has 0 N–H and O–H groups in total. The van der Waals surface area contributed by atoms with Crippen LogP contribution in [0.25, 0.3) is 0 Å². The summed E-state index contributed by atoms with van der Waals surface area (Å²) >= 11 is 0. The van der Waals surface area contributed by atoms with Crippen molar-refractivity contribution in [2.45, 2.75) is 31.6 Å². The zero-order valence-electron chi connectivity index (χ0n) is 8.32. The van der Waals surface area contributed by atoms with Gasteiger partial charge in [-0.25, -0.2) is 0 Å². The van der Waals surface area contributed by atoms with Crippen LogP contribution >= 0.6 is 0 Å². The number of hydrogen-bond donors (Lipinski definition) is 0. The molecule has 1 aromatic rings. The topological polar surface area (TPSA) is 23.8 Å². The predicted octanol–water partition coefficient (Wildman–Crippen LogP) is 3.48. The van der Waals surface area contributed by atoms with Gasteiger partial charge >= 0.3 is 0 Å². The van der Waals surface area contributed by atoms with E-state index in [1.54, 1.807) is 0 Å². The summed E-state index contributed by atoms with van der Waals surface area (Å²) < 4.78 is 0. The van der Waals surface area contributed by atoms with Crippen molar-refractivity contribution in [3.05, 3.63) is 35.9 Å². The molecule has 14 heavy (non-hydrogen) atoms. The molecule has 0 bridgehead atoms. The predicted molar refractivity (Wildman–Crippen MR) is 56.8 cm³/mol. The van der Waals surface area contributed by atoms with Gasteiger partial charge in [-0.2, -0.15) is 5.26 Å². The van der Waals surface area contributed by atoms with E-state index in [0.29, 0.717) is 5.92 Å². The van der Waals surface area contributed by atoms with Gasteiger partial charge in [0.2, 0.25) is 0 Å². The molecule has 1 heteroatoms. The van der Waals surface area contributed by atoms with Crippen LogP contribution < -0.4 is 0 Å². The van der Waals surface area contributed by atoms with Gasteiger partial charge in [-0.1, -0.05) is 43.2 Å². The molecule has 1 saturated carbocycles. The van der Waals surface area contributed by atoms with Gasteiger partial charge in [-0.05, 0) is 24.3 Å². The molecule has 1 aliphatic carbocycles. The number of hydrogen-bond acceptors (Lipinski definition) is 1. The van der Waals surface area contributed by atoms with Crippen LogP contribution in [-0.4, -0.2) is 0 Å². The Morgan fingerprint density at radius 1 is 1.14 bits per heavy atom. The first-order chi connectivity index (χ1) is 6.92. The first-order valence-electron chi connectivity index (χ1n) is 5.36. The number of nitriles is 1. The Hall–Kier alpha value is -1.29. The number of nitrogens with zero attached hydrogens (tertiary/aromatic N) is 1. The second-order valence-electron chi connectivity index (χ2n) is 4.06. The van der Waals surface area contributed by atoms with Crippen LogP contribution in [0.3, 0.4) is 0 Å². The second kappa shape index (κ2) is 4.28. The molecule has 1 atom stereocenters. The van der Waals surface area contributed by atoms with Crippen LogP contribution in [0.15, 0.2) is 30.3 Å². The van der Waals surface area contributed by atoms with Gasteiger partial charge in [0.15, 0.2) is 0 Å². The summed E-state index contributed by atoms with van der Waals surface area (Å²) in [6.07, 6.45) is 5.06. The van der Waals surface area contributed by atoms with Gasteiger partial charge in [0.05, 0.1) is 12.0 Å². The van der Waals surface area contributed by atoms with E-state index in [9.17, 15) is 5.26 Å². The summed E-state index contributed by atoms with van der Waals surface area (Å²) in [6, 6.07) is 12.7. The molecule has 0 spiro atoms. The molecule has 0 heterocycles. The highest BCUT2D eigenvalue weighted by Crippen LogP contribution is 2.36. The van der Waals surface area contributed by atoms with E-state index in [0.717, 1.165) is 0 Å². The van der Waals surface area contributed by atoms with Crippen molar-refractivity contribution in [1.29, 1.82) is 5.26 Å². The van der Waals surface area contributed by atoms with Crippen LogP contribution in [0, 0.1) is 17.2 Å². The van der Waals surface area contributed by atoms with E-state index in [1.165, 1.54) is 31.2 Å². The fourth-order valence-electron chi connectivity index (χ4n) is 2.40. The molecule has 0 aromatic heterocycles. The molecule has 0 radical (unpaired) electrons. The molecule has 0 aliphatic heterocycles. The van der Waals surface area contributed by atoms with Crippen molar-refractivity contribution in [3.63, 3.8) is 0 Å². The Balaban J connectivity index is 2.18. The van der Waals surface area contributed by atoms with E-state index >= 15 is 0 Å². The lowest BCUT2D eigenvalue weighted by Crippen LogP contribution is -2.07. The largest absolute Gasteiger partial charge is 0.198 e. The molecule has 72 valence electrons. The molecule has 1 unspecified atom stereocenters. The summed E-state index contributed by atoms with van der Waals surface area (Å²) in [5, 5.41) is 9.19. The molecular formula is C13H15N. The van der Waals surface area contributed by atoms with Crippen molar-refractivity contribution in [3.8, 4) is 6.07 Å². The third kappa shape index (κ3) is 1.80. The monoisotopic (exact) mass is 185 g/mol. The summed E-state index contributed by atoms with van der Waals surface area (Å²) in [5.74, 6) is 0.723. The minimum absolute atomic E-state index is 0.124. The van der Waals surface area contributed by atoms with Gasteiger partial charge in [0.25, 0.3) is 0 Å². The van der Waals surface area contributed by atoms with Crippen LogP contribution in [0.2, 0.25) is 0 Å². The van der Waals surface area contributed by atoms with Crippen LogP contribution in [0.4, 0.5) is 0 Å². The number of benzene rings is 1. The SMILES string of the molecule is N#CC(c1ccccc1)C1CCCC1. The minimum atomic E-state index is 0.124. The molecule has 1 aliphatic rings. The van der Waals surface area contributed by atoms with Crippen LogP contribution in [0.5, 0.6) is 0 Å². The molecule has 0 amide bonds. The maximum absolute atomic E-state index is 9.19. The molecular weight excluding hydrogens is 170 g/mol. The average molecular weight is 185 g/mol. The molecule has 1 fully saturated rings.